The summed E-state index contributed by atoms with van der Waals surface area (Å²) in [5, 5.41) is 12.8. The van der Waals surface area contributed by atoms with Gasteiger partial charge >= 0.3 is 6.18 Å². The molecule has 2 saturated heterocycles. The van der Waals surface area contributed by atoms with Crippen LogP contribution in [0.5, 0.6) is 0 Å². The first-order valence-electron chi connectivity index (χ1n) is 11.7. The van der Waals surface area contributed by atoms with E-state index in [1.807, 2.05) is 9.47 Å². The van der Waals surface area contributed by atoms with Gasteiger partial charge in [-0.05, 0) is 44.0 Å². The van der Waals surface area contributed by atoms with Crippen LogP contribution in [-0.2, 0) is 12.7 Å². The number of benzene rings is 1. The van der Waals surface area contributed by atoms with E-state index in [1.165, 1.54) is 12.4 Å². The second-order valence-electron chi connectivity index (χ2n) is 9.10. The standard InChI is InChI=1S/C24H24F4N8/c25-19-2-1-15(9-18(19)24(26,27)28)20-12-36(11-16-3-6-31-16)22(34-20)14-4-7-35(8-5-14)23-17(10-29)21(30)32-13-33-23/h1-2,9,12-14,16,31H,3-8,11H2,(H2,30,32,33). The maximum Gasteiger partial charge on any atom is 0.419 e. The van der Waals surface area contributed by atoms with E-state index in [0.717, 1.165) is 30.9 Å². The summed E-state index contributed by atoms with van der Waals surface area (Å²) in [4.78, 5) is 14.9. The van der Waals surface area contributed by atoms with Crippen LogP contribution in [0.15, 0.2) is 30.7 Å². The Morgan fingerprint density at radius 3 is 2.56 bits per heavy atom. The molecule has 5 rings (SSSR count). The van der Waals surface area contributed by atoms with Gasteiger partial charge in [0.15, 0.2) is 5.82 Å². The zero-order valence-corrected chi connectivity index (χ0v) is 19.3. The Labute approximate surface area is 204 Å². The molecule has 2 fully saturated rings. The topological polar surface area (TPSA) is 109 Å². The van der Waals surface area contributed by atoms with E-state index in [0.29, 0.717) is 44.0 Å². The van der Waals surface area contributed by atoms with Gasteiger partial charge in [-0.15, -0.1) is 0 Å². The molecule has 2 aliphatic rings. The molecule has 1 unspecified atom stereocenters. The summed E-state index contributed by atoms with van der Waals surface area (Å²) in [5.74, 6) is 0.174. The van der Waals surface area contributed by atoms with Gasteiger partial charge in [-0.25, -0.2) is 19.3 Å². The summed E-state index contributed by atoms with van der Waals surface area (Å²) in [6.45, 7) is 2.79. The summed E-state index contributed by atoms with van der Waals surface area (Å²) >= 11 is 0. The van der Waals surface area contributed by atoms with Crippen molar-refractivity contribution < 1.29 is 17.6 Å². The molecule has 188 valence electrons. The molecule has 8 nitrogen and oxygen atoms in total. The Morgan fingerprint density at radius 1 is 1.17 bits per heavy atom. The van der Waals surface area contributed by atoms with Crippen molar-refractivity contribution in [2.45, 2.75) is 43.9 Å². The van der Waals surface area contributed by atoms with E-state index in [-0.39, 0.29) is 28.9 Å². The van der Waals surface area contributed by atoms with Crippen molar-refractivity contribution in [3.63, 3.8) is 0 Å². The molecule has 0 radical (unpaired) electrons. The number of hydrogen-bond acceptors (Lipinski definition) is 7. The van der Waals surface area contributed by atoms with Crippen molar-refractivity contribution in [2.24, 2.45) is 0 Å². The summed E-state index contributed by atoms with van der Waals surface area (Å²) < 4.78 is 55.7. The molecule has 0 spiro atoms. The average molecular weight is 501 g/mol. The lowest BCUT2D eigenvalue weighted by Crippen LogP contribution is -2.45. The van der Waals surface area contributed by atoms with E-state index < -0.39 is 17.6 Å². The highest BCUT2D eigenvalue weighted by Crippen LogP contribution is 2.36. The van der Waals surface area contributed by atoms with Gasteiger partial charge in [0.25, 0.3) is 0 Å². The molecular weight excluding hydrogens is 476 g/mol. The van der Waals surface area contributed by atoms with Gasteiger partial charge in [-0.3, -0.25) is 0 Å². The van der Waals surface area contributed by atoms with Gasteiger partial charge in [0, 0.05) is 43.4 Å². The Morgan fingerprint density at radius 2 is 1.92 bits per heavy atom. The largest absolute Gasteiger partial charge is 0.419 e. The Balaban J connectivity index is 1.42. The minimum atomic E-state index is -4.79. The maximum atomic E-state index is 13.8. The minimum absolute atomic E-state index is 0.0577. The van der Waals surface area contributed by atoms with Crippen molar-refractivity contribution in [1.82, 2.24) is 24.8 Å². The number of nitriles is 1. The molecule has 0 saturated carbocycles. The number of nitrogen functional groups attached to an aromatic ring is 1. The highest BCUT2D eigenvalue weighted by molar-refractivity contribution is 5.63. The summed E-state index contributed by atoms with van der Waals surface area (Å²) in [5.41, 5.74) is 5.38. The van der Waals surface area contributed by atoms with Crippen LogP contribution in [0, 0.1) is 17.1 Å². The number of nitrogens with one attached hydrogen (secondary N) is 1. The van der Waals surface area contributed by atoms with Crippen LogP contribution in [0.25, 0.3) is 11.3 Å². The van der Waals surface area contributed by atoms with Crippen molar-refractivity contribution in [2.75, 3.05) is 30.3 Å². The number of rotatable bonds is 5. The van der Waals surface area contributed by atoms with E-state index in [9.17, 15) is 22.8 Å². The van der Waals surface area contributed by atoms with Crippen LogP contribution in [0.4, 0.5) is 29.2 Å². The second-order valence-corrected chi connectivity index (χ2v) is 9.10. The fraction of sp³-hybridized carbons (Fsp3) is 0.417. The van der Waals surface area contributed by atoms with Crippen LogP contribution in [0.2, 0.25) is 0 Å². The number of nitrogens with two attached hydrogens (primary N) is 1. The van der Waals surface area contributed by atoms with Crippen molar-refractivity contribution in [3.8, 4) is 17.3 Å². The van der Waals surface area contributed by atoms with Crippen LogP contribution in [0.3, 0.4) is 0 Å². The molecule has 0 aliphatic carbocycles. The molecule has 1 atom stereocenters. The highest BCUT2D eigenvalue weighted by Gasteiger charge is 2.35. The summed E-state index contributed by atoms with van der Waals surface area (Å²) in [6.07, 6.45) is 0.724. The molecule has 2 aliphatic heterocycles. The van der Waals surface area contributed by atoms with Gasteiger partial charge in [0.2, 0.25) is 0 Å². The van der Waals surface area contributed by atoms with Gasteiger partial charge in [-0.2, -0.15) is 18.4 Å². The predicted molar refractivity (Wildman–Crippen MR) is 124 cm³/mol. The zero-order valence-electron chi connectivity index (χ0n) is 19.3. The van der Waals surface area contributed by atoms with E-state index in [1.54, 1.807) is 6.20 Å². The number of halogens is 4. The highest BCUT2D eigenvalue weighted by atomic mass is 19.4. The molecule has 3 aromatic rings. The molecule has 0 amide bonds. The Hall–Kier alpha value is -3.72. The number of alkyl halides is 3. The molecule has 3 N–H and O–H groups in total. The fourth-order valence-corrected chi connectivity index (χ4v) is 4.77. The molecular formula is C24H24F4N8. The molecule has 0 bridgehead atoms. The molecule has 36 heavy (non-hydrogen) atoms. The zero-order chi connectivity index (χ0) is 25.4. The van der Waals surface area contributed by atoms with Crippen molar-refractivity contribution >= 4 is 11.6 Å². The van der Waals surface area contributed by atoms with Gasteiger partial charge in [0.05, 0.1) is 11.3 Å². The number of hydrogen-bond donors (Lipinski definition) is 2. The molecule has 1 aromatic carbocycles. The average Bonchev–Trinajstić information content (AvgIpc) is 3.25. The van der Waals surface area contributed by atoms with E-state index in [2.05, 4.69) is 21.4 Å². The fourth-order valence-electron chi connectivity index (χ4n) is 4.77. The number of piperidine rings is 1. The number of anilines is 2. The molecule has 2 aromatic heterocycles. The molecule has 12 heteroatoms. The summed E-state index contributed by atoms with van der Waals surface area (Å²) in [6, 6.07) is 5.32. The van der Waals surface area contributed by atoms with Crippen molar-refractivity contribution in [1.29, 1.82) is 5.26 Å². The normalized spacial score (nSPS) is 18.6. The lowest BCUT2D eigenvalue weighted by molar-refractivity contribution is -0.139. The van der Waals surface area contributed by atoms with E-state index in [4.69, 9.17) is 10.7 Å². The Bertz CT molecular complexity index is 1300. The lowest BCUT2D eigenvalue weighted by Gasteiger charge is -2.34. The smallest absolute Gasteiger partial charge is 0.382 e. The number of nitrogens with zero attached hydrogens (tertiary/aromatic N) is 6. The predicted octanol–water partition coefficient (Wildman–Crippen LogP) is 3.70. The third kappa shape index (κ3) is 4.58. The number of imidazole rings is 1. The third-order valence-electron chi connectivity index (χ3n) is 6.85. The minimum Gasteiger partial charge on any atom is -0.382 e. The first-order chi connectivity index (χ1) is 17.2. The first-order valence-corrected chi connectivity index (χ1v) is 11.7. The second kappa shape index (κ2) is 9.39. The van der Waals surface area contributed by atoms with Crippen molar-refractivity contribution in [3.05, 3.63) is 53.5 Å². The Kier molecular flexibility index (Phi) is 6.26. The van der Waals surface area contributed by atoms with Crippen LogP contribution >= 0.6 is 0 Å². The van der Waals surface area contributed by atoms with Crippen LogP contribution in [-0.4, -0.2) is 45.2 Å². The van der Waals surface area contributed by atoms with E-state index >= 15 is 0 Å². The third-order valence-corrected chi connectivity index (χ3v) is 6.85. The summed E-state index contributed by atoms with van der Waals surface area (Å²) in [7, 11) is 0. The SMILES string of the molecule is N#Cc1c(N)ncnc1N1CCC(c2nc(-c3ccc(F)c(C(F)(F)F)c3)cn2CC2CCN2)CC1. The quantitative estimate of drug-likeness (QED) is 0.515. The van der Waals surface area contributed by atoms with Crippen LogP contribution < -0.4 is 16.0 Å². The van der Waals surface area contributed by atoms with Crippen LogP contribution in [0.1, 0.15) is 42.1 Å². The monoisotopic (exact) mass is 500 g/mol. The number of aromatic nitrogens is 4. The van der Waals surface area contributed by atoms with Gasteiger partial charge < -0.3 is 20.5 Å². The van der Waals surface area contributed by atoms with Gasteiger partial charge in [-0.1, -0.05) is 0 Å². The lowest BCUT2D eigenvalue weighted by atomic mass is 9.95. The van der Waals surface area contributed by atoms with Gasteiger partial charge in [0.1, 0.15) is 35.4 Å². The molecule has 4 heterocycles. The first kappa shape index (κ1) is 24.0. The maximum absolute atomic E-state index is 13.8.